The molecule has 0 spiro atoms. The number of carbonyl (C=O) groups is 1. The maximum absolute atomic E-state index is 10.9. The summed E-state index contributed by atoms with van der Waals surface area (Å²) in [6.07, 6.45) is -3.14. The van der Waals surface area contributed by atoms with E-state index in [0.717, 1.165) is 0 Å². The van der Waals surface area contributed by atoms with Crippen LogP contribution in [-0.4, -0.2) is 57.8 Å². The van der Waals surface area contributed by atoms with Crippen molar-refractivity contribution in [2.45, 2.75) is 38.6 Å². The third kappa shape index (κ3) is 4.89. The van der Waals surface area contributed by atoms with Crippen molar-refractivity contribution in [2.75, 3.05) is 13.2 Å². The number of aliphatic hydroxyl groups is 4. The summed E-state index contributed by atoms with van der Waals surface area (Å²) >= 11 is 0. The summed E-state index contributed by atoms with van der Waals surface area (Å²) in [4.78, 5) is 10.9. The van der Waals surface area contributed by atoms with E-state index in [1.54, 1.807) is 6.92 Å². The fraction of sp³-hybridized carbons (Fsp3) is 0.900. The number of hydrogen-bond donors (Lipinski definition) is 5. The molecule has 0 saturated heterocycles. The second-order valence-electron chi connectivity index (χ2n) is 3.82. The molecule has 6 heteroatoms. The van der Waals surface area contributed by atoms with Crippen molar-refractivity contribution in [3.8, 4) is 0 Å². The Hall–Kier alpha value is -0.690. The van der Waals surface area contributed by atoms with Gasteiger partial charge in [0.25, 0.3) is 0 Å². The minimum Gasteiger partial charge on any atom is -0.394 e. The van der Waals surface area contributed by atoms with Crippen molar-refractivity contribution in [3.63, 3.8) is 0 Å². The topological polar surface area (TPSA) is 110 Å². The Labute approximate surface area is 94.9 Å². The van der Waals surface area contributed by atoms with Gasteiger partial charge in [0.1, 0.15) is 0 Å². The zero-order valence-electron chi connectivity index (χ0n) is 9.63. The summed E-state index contributed by atoms with van der Waals surface area (Å²) in [6.45, 7) is 2.63. The minimum atomic E-state index is -1.20. The van der Waals surface area contributed by atoms with Crippen LogP contribution in [-0.2, 0) is 4.79 Å². The summed E-state index contributed by atoms with van der Waals surface area (Å²) in [6, 6.07) is 0. The summed E-state index contributed by atoms with van der Waals surface area (Å²) in [5, 5.41) is 39.5. The van der Waals surface area contributed by atoms with Crippen molar-refractivity contribution in [1.29, 1.82) is 0 Å². The highest BCUT2D eigenvalue weighted by molar-refractivity contribution is 5.75. The highest BCUT2D eigenvalue weighted by Crippen LogP contribution is 2.11. The predicted molar refractivity (Wildman–Crippen MR) is 57.6 cm³/mol. The number of carbonyl (C=O) groups excluding carboxylic acids is 1. The van der Waals surface area contributed by atoms with Crippen molar-refractivity contribution in [2.24, 2.45) is 5.92 Å². The van der Waals surface area contributed by atoms with E-state index in [-0.39, 0.29) is 12.5 Å². The highest BCUT2D eigenvalue weighted by atomic mass is 16.3. The average molecular weight is 235 g/mol. The van der Waals surface area contributed by atoms with E-state index in [0.29, 0.717) is 6.42 Å². The lowest BCUT2D eigenvalue weighted by Crippen LogP contribution is -2.45. The van der Waals surface area contributed by atoms with Crippen molar-refractivity contribution >= 4 is 5.91 Å². The van der Waals surface area contributed by atoms with E-state index in [1.807, 2.05) is 0 Å². The van der Waals surface area contributed by atoms with E-state index in [9.17, 15) is 20.1 Å². The lowest BCUT2D eigenvalue weighted by molar-refractivity contribution is -0.122. The summed E-state index contributed by atoms with van der Waals surface area (Å²) in [7, 11) is 0. The van der Waals surface area contributed by atoms with Crippen LogP contribution in [0.3, 0.4) is 0 Å². The maximum atomic E-state index is 10.9. The van der Waals surface area contributed by atoms with Gasteiger partial charge in [-0.25, -0.2) is 0 Å². The Morgan fingerprint density at radius 2 is 1.81 bits per heavy atom. The first kappa shape index (κ1) is 15.3. The van der Waals surface area contributed by atoms with Crippen molar-refractivity contribution < 1.29 is 25.2 Å². The molecule has 1 amide bonds. The Morgan fingerprint density at radius 3 is 2.25 bits per heavy atom. The van der Waals surface area contributed by atoms with Crippen molar-refractivity contribution in [1.82, 2.24) is 5.32 Å². The summed E-state index contributed by atoms with van der Waals surface area (Å²) in [5.74, 6) is -0.889. The first-order valence-electron chi connectivity index (χ1n) is 5.35. The van der Waals surface area contributed by atoms with Gasteiger partial charge in [0.15, 0.2) is 0 Å². The molecule has 0 bridgehead atoms. The highest BCUT2D eigenvalue weighted by Gasteiger charge is 2.27. The lowest BCUT2D eigenvalue weighted by Gasteiger charge is -2.26. The van der Waals surface area contributed by atoms with Gasteiger partial charge in [-0.2, -0.15) is 0 Å². The molecule has 0 aromatic heterocycles. The van der Waals surface area contributed by atoms with Gasteiger partial charge >= 0.3 is 0 Å². The average Bonchev–Trinajstić information content (AvgIpc) is 2.32. The predicted octanol–water partition coefficient (Wildman–Crippen LogP) is -1.78. The molecule has 6 nitrogen and oxygen atoms in total. The van der Waals surface area contributed by atoms with E-state index in [2.05, 4.69) is 5.32 Å². The van der Waals surface area contributed by atoms with Gasteiger partial charge in [-0.3, -0.25) is 4.79 Å². The molecule has 0 heterocycles. The molecule has 5 N–H and O–H groups in total. The molecule has 0 aliphatic carbocycles. The first-order chi connectivity index (χ1) is 7.43. The van der Waals surface area contributed by atoms with Crippen LogP contribution >= 0.6 is 0 Å². The van der Waals surface area contributed by atoms with Gasteiger partial charge < -0.3 is 25.7 Å². The van der Waals surface area contributed by atoms with E-state index >= 15 is 0 Å². The summed E-state index contributed by atoms with van der Waals surface area (Å²) < 4.78 is 0. The molecule has 0 saturated carbocycles. The van der Waals surface area contributed by atoms with Gasteiger partial charge in [-0.05, 0) is 0 Å². The zero-order valence-corrected chi connectivity index (χ0v) is 9.63. The molecule has 0 aliphatic heterocycles. The van der Waals surface area contributed by atoms with E-state index < -0.39 is 30.8 Å². The number of hydrogen-bond acceptors (Lipinski definition) is 5. The van der Waals surface area contributed by atoms with Gasteiger partial charge in [-0.1, -0.05) is 13.8 Å². The monoisotopic (exact) mass is 235 g/mol. The third-order valence-corrected chi connectivity index (χ3v) is 2.56. The number of rotatable bonds is 7. The summed E-state index contributed by atoms with van der Waals surface area (Å²) in [5.41, 5.74) is 0. The Bertz CT molecular complexity index is 211. The maximum Gasteiger partial charge on any atom is 0.219 e. The Kier molecular flexibility index (Phi) is 7.24. The SMILES string of the molecule is CCC(=O)NCC(O)C(O)C(C)C(O)CO. The van der Waals surface area contributed by atoms with Crippen molar-refractivity contribution in [3.05, 3.63) is 0 Å². The molecule has 96 valence electrons. The molecule has 0 rings (SSSR count). The molecule has 0 aliphatic rings. The second kappa shape index (κ2) is 7.56. The standard InChI is InChI=1S/C10H21NO5/c1-3-9(15)11-4-7(13)10(16)6(2)8(14)5-12/h6-8,10,12-14,16H,3-5H2,1-2H3,(H,11,15). The number of nitrogens with one attached hydrogen (secondary N) is 1. The zero-order chi connectivity index (χ0) is 12.7. The molecule has 4 atom stereocenters. The normalized spacial score (nSPS) is 18.6. The van der Waals surface area contributed by atoms with E-state index in [1.165, 1.54) is 6.92 Å². The lowest BCUT2D eigenvalue weighted by atomic mass is 9.94. The molecule has 0 aromatic carbocycles. The molecule has 0 aromatic rings. The molecule has 4 unspecified atom stereocenters. The van der Waals surface area contributed by atoms with Gasteiger partial charge in [0.05, 0.1) is 24.9 Å². The molecule has 0 fully saturated rings. The number of amides is 1. The van der Waals surface area contributed by atoms with Gasteiger partial charge in [0, 0.05) is 18.9 Å². The Balaban J connectivity index is 4.06. The van der Waals surface area contributed by atoms with Crippen LogP contribution in [0.4, 0.5) is 0 Å². The molecule has 16 heavy (non-hydrogen) atoms. The third-order valence-electron chi connectivity index (χ3n) is 2.56. The van der Waals surface area contributed by atoms with Gasteiger partial charge in [-0.15, -0.1) is 0 Å². The van der Waals surface area contributed by atoms with E-state index in [4.69, 9.17) is 5.11 Å². The fourth-order valence-corrected chi connectivity index (χ4v) is 1.21. The number of aliphatic hydroxyl groups excluding tert-OH is 4. The van der Waals surface area contributed by atoms with Crippen LogP contribution in [0.1, 0.15) is 20.3 Å². The smallest absolute Gasteiger partial charge is 0.219 e. The first-order valence-corrected chi connectivity index (χ1v) is 5.35. The minimum absolute atomic E-state index is 0.0731. The van der Waals surface area contributed by atoms with Crippen LogP contribution in [0.25, 0.3) is 0 Å². The Morgan fingerprint density at radius 1 is 1.25 bits per heavy atom. The molecular formula is C10H21NO5. The largest absolute Gasteiger partial charge is 0.394 e. The van der Waals surface area contributed by atoms with Gasteiger partial charge in [0.2, 0.25) is 5.91 Å². The van der Waals surface area contributed by atoms with Crippen LogP contribution in [0.5, 0.6) is 0 Å². The molecule has 0 radical (unpaired) electrons. The van der Waals surface area contributed by atoms with Crippen LogP contribution < -0.4 is 5.32 Å². The second-order valence-corrected chi connectivity index (χ2v) is 3.82. The molecular weight excluding hydrogens is 214 g/mol. The van der Waals surface area contributed by atoms with Crippen LogP contribution in [0.2, 0.25) is 0 Å². The fourth-order valence-electron chi connectivity index (χ4n) is 1.21. The van der Waals surface area contributed by atoms with Crippen LogP contribution in [0.15, 0.2) is 0 Å². The quantitative estimate of drug-likeness (QED) is 0.358. The van der Waals surface area contributed by atoms with Crippen LogP contribution in [0, 0.1) is 5.92 Å².